The Kier molecular flexibility index (Phi) is 8.89. The highest BCUT2D eigenvalue weighted by Gasteiger charge is 1.93. The highest BCUT2D eigenvalue weighted by atomic mass is 14.0. The fourth-order valence-electron chi connectivity index (χ4n) is 2.67. The normalized spacial score (nSPS) is 10.1. The third-order valence-electron chi connectivity index (χ3n) is 4.32. The molecule has 0 N–H and O–H groups in total. The molecule has 2 aromatic rings. The molecule has 0 nitrogen and oxygen atoms in total. The molecule has 26 heavy (non-hydrogen) atoms. The van der Waals surface area contributed by atoms with Crippen molar-refractivity contribution in [1.29, 1.82) is 0 Å². The lowest BCUT2D eigenvalue weighted by Crippen LogP contribution is -1.86. The zero-order valence-corrected chi connectivity index (χ0v) is 16.0. The average Bonchev–Trinajstić information content (AvgIpc) is 2.69. The number of rotatable bonds is 6. The first-order chi connectivity index (χ1) is 12.8. The fourth-order valence-corrected chi connectivity index (χ4v) is 2.67. The van der Waals surface area contributed by atoms with Crippen molar-refractivity contribution in [3.05, 3.63) is 82.9 Å². The minimum atomic E-state index is 1.04. The van der Waals surface area contributed by atoms with Gasteiger partial charge in [0.2, 0.25) is 0 Å². The molecule has 0 fully saturated rings. The summed E-state index contributed by atoms with van der Waals surface area (Å²) in [6.07, 6.45) is 11.1. The van der Waals surface area contributed by atoms with E-state index in [-0.39, 0.29) is 0 Å². The molecule has 0 heterocycles. The molecule has 0 amide bonds. The van der Waals surface area contributed by atoms with Crippen LogP contribution >= 0.6 is 0 Å². The van der Waals surface area contributed by atoms with Crippen molar-refractivity contribution in [2.24, 2.45) is 0 Å². The van der Waals surface area contributed by atoms with Crippen LogP contribution < -0.4 is 0 Å². The maximum Gasteiger partial charge on any atom is 0.0249 e. The van der Waals surface area contributed by atoms with Crippen LogP contribution in [0.3, 0.4) is 0 Å². The van der Waals surface area contributed by atoms with Crippen molar-refractivity contribution >= 4 is 0 Å². The average molecular weight is 341 g/mol. The Labute approximate surface area is 159 Å². The predicted octanol–water partition coefficient (Wildman–Crippen LogP) is 6.33. The number of benzene rings is 2. The molecule has 0 aliphatic rings. The molecule has 0 bridgehead atoms. The molecule has 0 spiro atoms. The number of hydrogen-bond donors (Lipinski definition) is 0. The molecule has 2 rings (SSSR count). The second kappa shape index (κ2) is 11.8. The predicted molar refractivity (Wildman–Crippen MR) is 113 cm³/mol. The molecule has 0 aliphatic heterocycles. The molecular formula is C26H28. The van der Waals surface area contributed by atoms with Crippen molar-refractivity contribution in [3.8, 4) is 23.7 Å². The Bertz CT molecular complexity index is 797. The summed E-state index contributed by atoms with van der Waals surface area (Å²) >= 11 is 0. The standard InChI is InChI=1S/C26H28/c1-3-5-6-9-12-25-19-21-26(22-20-25)14-11-8-7-10-13-24-17-15-23(4-2)16-18-24/h7-8,15-22H,3-6,9,12H2,1-2H3/b8-7+. The van der Waals surface area contributed by atoms with Gasteiger partial charge in [-0.05, 0) is 66.8 Å². The van der Waals surface area contributed by atoms with Crippen LogP contribution in [0.1, 0.15) is 61.8 Å². The minimum Gasteiger partial charge on any atom is -0.0689 e. The maximum atomic E-state index is 3.16. The lowest BCUT2D eigenvalue weighted by molar-refractivity contribution is 0.667. The molecular weight excluding hydrogens is 312 g/mol. The number of aryl methyl sites for hydroxylation is 2. The molecule has 0 saturated heterocycles. The molecule has 2 aromatic carbocycles. The van der Waals surface area contributed by atoms with Gasteiger partial charge in [-0.3, -0.25) is 0 Å². The van der Waals surface area contributed by atoms with Crippen LogP contribution in [0.15, 0.2) is 60.7 Å². The van der Waals surface area contributed by atoms with Crippen molar-refractivity contribution in [2.45, 2.75) is 52.4 Å². The van der Waals surface area contributed by atoms with E-state index in [1.165, 1.54) is 43.2 Å². The van der Waals surface area contributed by atoms with Crippen LogP contribution in [-0.4, -0.2) is 0 Å². The smallest absolute Gasteiger partial charge is 0.0249 e. The van der Waals surface area contributed by atoms with E-state index < -0.39 is 0 Å². The maximum absolute atomic E-state index is 3.16. The molecule has 0 aromatic heterocycles. The fraction of sp³-hybridized carbons (Fsp3) is 0.308. The number of hydrogen-bond acceptors (Lipinski definition) is 0. The Hall–Kier alpha value is -2.70. The van der Waals surface area contributed by atoms with Crippen molar-refractivity contribution in [1.82, 2.24) is 0 Å². The monoisotopic (exact) mass is 340 g/mol. The summed E-state index contributed by atoms with van der Waals surface area (Å²) < 4.78 is 0. The summed E-state index contributed by atoms with van der Waals surface area (Å²) in [5.41, 5.74) is 4.83. The first kappa shape index (κ1) is 19.6. The van der Waals surface area contributed by atoms with Crippen LogP contribution in [0, 0.1) is 23.7 Å². The summed E-state index contributed by atoms with van der Waals surface area (Å²) in [7, 11) is 0. The third kappa shape index (κ3) is 7.46. The molecule has 0 aliphatic carbocycles. The number of allylic oxidation sites excluding steroid dienone is 2. The van der Waals surface area contributed by atoms with Crippen molar-refractivity contribution in [3.63, 3.8) is 0 Å². The van der Waals surface area contributed by atoms with E-state index in [1.807, 2.05) is 12.2 Å². The summed E-state index contributed by atoms with van der Waals surface area (Å²) in [5, 5.41) is 0. The largest absolute Gasteiger partial charge is 0.0689 e. The van der Waals surface area contributed by atoms with Gasteiger partial charge in [0.05, 0.1) is 0 Å². The Balaban J connectivity index is 1.81. The summed E-state index contributed by atoms with van der Waals surface area (Å²) in [5.74, 6) is 12.4. The van der Waals surface area contributed by atoms with Crippen molar-refractivity contribution in [2.75, 3.05) is 0 Å². The van der Waals surface area contributed by atoms with Crippen LogP contribution in [-0.2, 0) is 12.8 Å². The molecule has 0 heteroatoms. The second-order valence-corrected chi connectivity index (χ2v) is 6.43. The quantitative estimate of drug-likeness (QED) is 0.426. The molecule has 132 valence electrons. The van der Waals surface area contributed by atoms with Gasteiger partial charge in [-0.15, -0.1) is 0 Å². The summed E-state index contributed by atoms with van der Waals surface area (Å²) in [6.45, 7) is 4.40. The molecule has 0 atom stereocenters. The van der Waals surface area contributed by atoms with Gasteiger partial charge in [0, 0.05) is 11.1 Å². The van der Waals surface area contributed by atoms with Gasteiger partial charge in [0.15, 0.2) is 0 Å². The van der Waals surface area contributed by atoms with Gasteiger partial charge >= 0.3 is 0 Å². The van der Waals surface area contributed by atoms with Gasteiger partial charge in [-0.25, -0.2) is 0 Å². The highest BCUT2D eigenvalue weighted by Crippen LogP contribution is 2.09. The Morgan fingerprint density at radius 3 is 1.69 bits per heavy atom. The van der Waals surface area contributed by atoms with Gasteiger partial charge in [-0.2, -0.15) is 0 Å². The first-order valence-corrected chi connectivity index (χ1v) is 9.67. The van der Waals surface area contributed by atoms with E-state index in [0.29, 0.717) is 0 Å². The van der Waals surface area contributed by atoms with Gasteiger partial charge in [-0.1, -0.05) is 81.1 Å². The van der Waals surface area contributed by atoms with E-state index >= 15 is 0 Å². The van der Waals surface area contributed by atoms with E-state index in [1.54, 1.807) is 0 Å². The van der Waals surface area contributed by atoms with Crippen LogP contribution in [0.2, 0.25) is 0 Å². The highest BCUT2D eigenvalue weighted by molar-refractivity contribution is 5.41. The lowest BCUT2D eigenvalue weighted by atomic mass is 10.0. The van der Waals surface area contributed by atoms with Crippen molar-refractivity contribution < 1.29 is 0 Å². The van der Waals surface area contributed by atoms with Crippen LogP contribution in [0.5, 0.6) is 0 Å². The Morgan fingerprint density at radius 2 is 1.19 bits per heavy atom. The van der Waals surface area contributed by atoms with E-state index in [0.717, 1.165) is 17.5 Å². The van der Waals surface area contributed by atoms with Crippen LogP contribution in [0.25, 0.3) is 0 Å². The van der Waals surface area contributed by atoms with Gasteiger partial charge in [0.25, 0.3) is 0 Å². The summed E-state index contributed by atoms with van der Waals surface area (Å²) in [4.78, 5) is 0. The van der Waals surface area contributed by atoms with Gasteiger partial charge < -0.3 is 0 Å². The van der Waals surface area contributed by atoms with E-state index in [4.69, 9.17) is 0 Å². The van der Waals surface area contributed by atoms with E-state index in [9.17, 15) is 0 Å². The minimum absolute atomic E-state index is 1.04. The first-order valence-electron chi connectivity index (χ1n) is 9.67. The number of unbranched alkanes of at least 4 members (excludes halogenated alkanes) is 3. The SMILES string of the molecule is CCCCCCc1ccc(C#C/C=C/C#Cc2ccc(CC)cc2)cc1. The third-order valence-corrected chi connectivity index (χ3v) is 4.32. The second-order valence-electron chi connectivity index (χ2n) is 6.43. The lowest BCUT2D eigenvalue weighted by Gasteiger charge is -2.01. The summed E-state index contributed by atoms with van der Waals surface area (Å²) in [6, 6.07) is 17.0. The van der Waals surface area contributed by atoms with E-state index in [2.05, 4.69) is 86.1 Å². The van der Waals surface area contributed by atoms with Crippen LogP contribution in [0.4, 0.5) is 0 Å². The van der Waals surface area contributed by atoms with Gasteiger partial charge in [0.1, 0.15) is 0 Å². The molecule has 0 radical (unpaired) electrons. The topological polar surface area (TPSA) is 0 Å². The molecule has 0 saturated carbocycles. The zero-order valence-electron chi connectivity index (χ0n) is 16.0. The zero-order chi connectivity index (χ0) is 18.5. The molecule has 0 unspecified atom stereocenters. The Morgan fingerprint density at radius 1 is 0.654 bits per heavy atom.